The first kappa shape index (κ1) is 56.8. The van der Waals surface area contributed by atoms with Crippen LogP contribution in [-0.4, -0.2) is 85.4 Å². The van der Waals surface area contributed by atoms with Crippen LogP contribution >= 0.6 is 0 Å². The molecule has 2 unspecified atom stereocenters. The summed E-state index contributed by atoms with van der Waals surface area (Å²) in [6.07, 6.45) is 13.0. The zero-order chi connectivity index (χ0) is 52.4. The number of benzene rings is 3. The molecule has 7 N–H and O–H groups in total. The van der Waals surface area contributed by atoms with Gasteiger partial charge in [-0.1, -0.05) is 75.0 Å². The largest absolute Gasteiger partial charge is 0.387 e. The number of ether oxygens (including phenoxy) is 1. The maximum Gasteiger partial charge on any atom is 0.329 e. The summed E-state index contributed by atoms with van der Waals surface area (Å²) in [5.74, 6) is 5.20. The van der Waals surface area contributed by atoms with Gasteiger partial charge < -0.3 is 36.7 Å². The van der Waals surface area contributed by atoms with E-state index in [4.69, 9.17) is 14.9 Å². The van der Waals surface area contributed by atoms with Crippen LogP contribution in [0.4, 0.5) is 21.5 Å². The number of hydrogen-bond donors (Lipinski definition) is 5. The SMILES string of the molecule is CC.CC1=CC=C1.CCC1(CCC(C)OCC#Cc2cc(N3CCCC3=O)ccc2-c2ccc(NC)c(C(C)=N)c2F)CCN(c2cccc3c2n(C)c(=O)n3C2CCC(=O)NC2=O)CC1.CN.NC=O. The minimum Gasteiger partial charge on any atom is -0.387 e. The average Bonchev–Trinajstić information content (AvgIpc) is 3.91. The first-order valence-corrected chi connectivity index (χ1v) is 24.6. The van der Waals surface area contributed by atoms with Gasteiger partial charge in [-0.05, 0) is 108 Å². The first-order valence-electron chi connectivity index (χ1n) is 24.6. The maximum absolute atomic E-state index is 16.0. The van der Waals surface area contributed by atoms with E-state index in [0.717, 1.165) is 68.5 Å². The summed E-state index contributed by atoms with van der Waals surface area (Å²) >= 11 is 0. The van der Waals surface area contributed by atoms with E-state index in [9.17, 15) is 19.2 Å². The monoisotopic (exact) mass is 976 g/mol. The molecule has 3 saturated heterocycles. The van der Waals surface area contributed by atoms with Crippen molar-refractivity contribution in [2.75, 3.05) is 55.5 Å². The number of amides is 4. The number of hydrogen-bond acceptors (Lipinski definition) is 10. The molecular weight excluding hydrogens is 902 g/mol. The number of primary amides is 1. The molecule has 8 rings (SSSR count). The number of carbonyl (C=O) groups excluding carboxylic acids is 4. The second-order valence-corrected chi connectivity index (χ2v) is 17.6. The molecule has 15 nitrogen and oxygen atoms in total. The number of aromatic nitrogens is 2. The fraction of sp³-hybridized carbons (Fsp3) is 0.455. The van der Waals surface area contributed by atoms with Gasteiger partial charge in [0.05, 0.1) is 28.4 Å². The minimum absolute atomic E-state index is 0.0428. The molecule has 16 heteroatoms. The zero-order valence-corrected chi connectivity index (χ0v) is 43.0. The zero-order valence-electron chi connectivity index (χ0n) is 43.0. The van der Waals surface area contributed by atoms with Gasteiger partial charge in [0.2, 0.25) is 24.1 Å². The topological polar surface area (TPSA) is 211 Å². The number of para-hydroxylation sites is 1. The molecule has 4 amide bonds. The van der Waals surface area contributed by atoms with Crippen molar-refractivity contribution in [2.24, 2.45) is 23.9 Å². The van der Waals surface area contributed by atoms with Gasteiger partial charge in [0.15, 0.2) is 0 Å². The van der Waals surface area contributed by atoms with Gasteiger partial charge in [-0.2, -0.15) is 0 Å². The van der Waals surface area contributed by atoms with Crippen molar-refractivity contribution in [1.82, 2.24) is 14.5 Å². The Bertz CT molecular complexity index is 2720. The van der Waals surface area contributed by atoms with Gasteiger partial charge in [0.25, 0.3) is 0 Å². The molecule has 4 aromatic rings. The number of nitrogens with zero attached hydrogens (tertiary/aromatic N) is 4. The van der Waals surface area contributed by atoms with Crippen molar-refractivity contribution in [1.29, 1.82) is 5.41 Å². The Morgan fingerprint density at radius 3 is 2.28 bits per heavy atom. The smallest absolute Gasteiger partial charge is 0.329 e. The number of imide groups is 1. The average molecular weight is 976 g/mol. The summed E-state index contributed by atoms with van der Waals surface area (Å²) in [6.45, 7) is 14.4. The van der Waals surface area contributed by atoms with E-state index in [2.05, 4.69) is 71.8 Å². The van der Waals surface area contributed by atoms with Crippen molar-refractivity contribution in [3.05, 3.63) is 99.8 Å². The van der Waals surface area contributed by atoms with Gasteiger partial charge in [-0.25, -0.2) is 9.18 Å². The number of fused-ring (bicyclic) bond motifs is 1. The van der Waals surface area contributed by atoms with Gasteiger partial charge >= 0.3 is 5.69 Å². The van der Waals surface area contributed by atoms with E-state index < -0.39 is 17.8 Å². The number of aryl methyl sites for hydroxylation is 1. The molecule has 3 aliphatic heterocycles. The molecule has 0 spiro atoms. The van der Waals surface area contributed by atoms with Crippen LogP contribution in [0.5, 0.6) is 0 Å². The Kier molecular flexibility index (Phi) is 21.5. The van der Waals surface area contributed by atoms with E-state index in [1.807, 2.05) is 56.3 Å². The Morgan fingerprint density at radius 2 is 1.72 bits per heavy atom. The number of piperidine rings is 2. The summed E-state index contributed by atoms with van der Waals surface area (Å²) in [4.78, 5) is 63.4. The standard InChI is InChI=1S/C46H54FN7O5.C5H6.C2H6.CH3NO.CH5N/c1-6-46(22-25-52(26-23-46)36-11-7-12-37-43(36)51(5)45(58)54(37)38-18-19-39(55)50-44(38)57)21-20-29(2)59-27-9-10-31-28-32(53-24-8-13-40(53)56)14-15-33(31)34-16-17-35(49-4)41(30(3)48)42(34)47;1-5-3-2-4-5;1-2;2-1-3;1-2/h7,11-12,14-17,28-29,38,48-49H,6,8,13,18-27H2,1-5H3,(H,50,55,57);2-4H,1H3;1-2H3;1H,(H2,2,3);2H2,1H3. The first-order chi connectivity index (χ1) is 34.2. The van der Waals surface area contributed by atoms with Crippen LogP contribution in [0.3, 0.4) is 0 Å². The summed E-state index contributed by atoms with van der Waals surface area (Å²) in [5.41, 5.74) is 15.5. The molecule has 3 aromatic carbocycles. The summed E-state index contributed by atoms with van der Waals surface area (Å²) in [5, 5.41) is 13.6. The van der Waals surface area contributed by atoms with Crippen LogP contribution in [0, 0.1) is 28.5 Å². The van der Waals surface area contributed by atoms with Crippen LogP contribution < -0.4 is 37.6 Å². The fourth-order valence-corrected chi connectivity index (χ4v) is 9.42. The Balaban J connectivity index is 0.000000822. The highest BCUT2D eigenvalue weighted by Gasteiger charge is 2.36. The van der Waals surface area contributed by atoms with E-state index in [-0.39, 0.29) is 59.7 Å². The third kappa shape index (κ3) is 13.5. The number of anilines is 3. The number of carbonyl (C=O) groups is 4. The van der Waals surface area contributed by atoms with Gasteiger partial charge in [-0.3, -0.25) is 33.6 Å². The molecule has 71 heavy (non-hydrogen) atoms. The van der Waals surface area contributed by atoms with Crippen molar-refractivity contribution in [2.45, 2.75) is 111 Å². The molecule has 1 aromatic heterocycles. The van der Waals surface area contributed by atoms with Crippen LogP contribution in [0.2, 0.25) is 0 Å². The predicted molar refractivity (Wildman–Crippen MR) is 284 cm³/mol. The second kappa shape index (κ2) is 27.0. The number of imidazole rings is 1. The number of nitrogens with two attached hydrogens (primary N) is 2. The molecule has 1 aliphatic carbocycles. The molecule has 0 saturated carbocycles. The Hall–Kier alpha value is -6.83. The molecule has 0 radical (unpaired) electrons. The highest BCUT2D eigenvalue weighted by Crippen LogP contribution is 2.42. The quantitative estimate of drug-likeness (QED) is 0.0401. The fourth-order valence-electron chi connectivity index (χ4n) is 9.42. The number of halogens is 1. The lowest BCUT2D eigenvalue weighted by Crippen LogP contribution is -2.44. The minimum atomic E-state index is -0.726. The van der Waals surface area contributed by atoms with E-state index in [1.165, 1.54) is 17.2 Å². The van der Waals surface area contributed by atoms with Crippen LogP contribution in [0.1, 0.15) is 116 Å². The lowest BCUT2D eigenvalue weighted by Gasteiger charge is -2.43. The Morgan fingerprint density at radius 1 is 1.06 bits per heavy atom. The number of rotatable bonds is 12. The van der Waals surface area contributed by atoms with E-state index >= 15 is 4.39 Å². The number of allylic oxidation sites excluding steroid dienone is 4. The van der Waals surface area contributed by atoms with Gasteiger partial charge in [0, 0.05) is 80.3 Å². The van der Waals surface area contributed by atoms with Crippen molar-refractivity contribution in [3.63, 3.8) is 0 Å². The molecule has 3 fully saturated rings. The van der Waals surface area contributed by atoms with Crippen LogP contribution in [0.25, 0.3) is 22.2 Å². The normalized spacial score (nSPS) is 16.9. The van der Waals surface area contributed by atoms with Gasteiger partial charge in [0.1, 0.15) is 18.5 Å². The third-order valence-electron chi connectivity index (χ3n) is 13.4. The van der Waals surface area contributed by atoms with Crippen molar-refractivity contribution >= 4 is 57.9 Å². The lowest BCUT2D eigenvalue weighted by atomic mass is 9.72. The summed E-state index contributed by atoms with van der Waals surface area (Å²) in [7, 11) is 4.95. The predicted octanol–water partition coefficient (Wildman–Crippen LogP) is 8.12. The van der Waals surface area contributed by atoms with E-state index in [1.54, 1.807) is 42.6 Å². The van der Waals surface area contributed by atoms with Crippen molar-refractivity contribution < 1.29 is 28.3 Å². The third-order valence-corrected chi connectivity index (χ3v) is 13.4. The molecule has 4 heterocycles. The molecule has 382 valence electrons. The molecule has 4 aliphatic rings. The van der Waals surface area contributed by atoms with Gasteiger partial charge in [-0.15, -0.1) is 0 Å². The maximum atomic E-state index is 16.0. The van der Waals surface area contributed by atoms with E-state index in [0.29, 0.717) is 47.3 Å². The van der Waals surface area contributed by atoms with Crippen LogP contribution in [0.15, 0.2) is 77.1 Å². The highest BCUT2D eigenvalue weighted by molar-refractivity contribution is 6.03. The molecule has 2 atom stereocenters. The van der Waals surface area contributed by atoms with Crippen LogP contribution in [-0.2, 0) is 31.0 Å². The molecule has 0 bridgehead atoms. The molecular formula is C55H74FN9O6. The Labute approximate surface area is 418 Å². The number of nitrogens with one attached hydrogen (secondary N) is 3. The summed E-state index contributed by atoms with van der Waals surface area (Å²) < 4.78 is 25.4. The lowest BCUT2D eigenvalue weighted by molar-refractivity contribution is -0.135. The highest BCUT2D eigenvalue weighted by atomic mass is 19.1. The van der Waals surface area contributed by atoms with Crippen molar-refractivity contribution in [3.8, 4) is 23.0 Å². The summed E-state index contributed by atoms with van der Waals surface area (Å²) in [6, 6.07) is 14.1. The second-order valence-electron chi connectivity index (χ2n) is 17.6.